The molecule has 1 aliphatic rings. The Balaban J connectivity index is 1.48. The van der Waals surface area contributed by atoms with Gasteiger partial charge in [-0.25, -0.2) is 18.4 Å². The highest BCUT2D eigenvalue weighted by atomic mass is 35.5. The van der Waals surface area contributed by atoms with E-state index in [1.807, 2.05) is 18.2 Å². The first-order valence-corrected chi connectivity index (χ1v) is 11.6. The van der Waals surface area contributed by atoms with Crippen molar-refractivity contribution in [1.82, 2.24) is 19.3 Å². The maximum atomic E-state index is 13.1. The van der Waals surface area contributed by atoms with Crippen molar-refractivity contribution in [2.45, 2.75) is 23.8 Å². The summed E-state index contributed by atoms with van der Waals surface area (Å²) in [5.74, 6) is 0.525. The van der Waals surface area contributed by atoms with Crippen LogP contribution in [0.1, 0.15) is 12.8 Å². The number of nitrogens with one attached hydrogen (secondary N) is 1. The fourth-order valence-electron chi connectivity index (χ4n) is 3.70. The number of aliphatic hydroxyl groups is 1. The van der Waals surface area contributed by atoms with Crippen molar-refractivity contribution in [1.29, 1.82) is 0 Å². The topological polar surface area (TPSA) is 112 Å². The number of oxazole rings is 1. The fourth-order valence-corrected chi connectivity index (χ4v) is 5.67. The second kappa shape index (κ2) is 7.76. The van der Waals surface area contributed by atoms with Gasteiger partial charge in [-0.15, -0.1) is 0 Å². The van der Waals surface area contributed by atoms with E-state index in [-0.39, 0.29) is 23.0 Å². The Morgan fingerprint density at radius 2 is 1.90 bits per heavy atom. The second-order valence-corrected chi connectivity index (χ2v) is 9.76. The van der Waals surface area contributed by atoms with Crippen LogP contribution in [0.3, 0.4) is 0 Å². The number of hydrogen-bond acceptors (Lipinski definition) is 6. The molecule has 1 saturated heterocycles. The molecule has 1 aliphatic heterocycles. The Kier molecular flexibility index (Phi) is 5.05. The molecule has 0 saturated carbocycles. The number of H-pyrrole nitrogens is 1. The number of hydrogen-bond donors (Lipinski definition) is 2. The zero-order valence-electron chi connectivity index (χ0n) is 16.3. The van der Waals surface area contributed by atoms with Gasteiger partial charge in [0.2, 0.25) is 10.0 Å². The Bertz CT molecular complexity index is 1360. The van der Waals surface area contributed by atoms with E-state index in [0.717, 1.165) is 11.1 Å². The number of sulfonamides is 1. The van der Waals surface area contributed by atoms with Crippen LogP contribution in [0.15, 0.2) is 58.3 Å². The Labute approximate surface area is 183 Å². The van der Waals surface area contributed by atoms with Crippen molar-refractivity contribution < 1.29 is 17.9 Å². The number of imidazole rings is 1. The Hall–Kier alpha value is -2.72. The number of halogens is 1. The molecule has 0 amide bonds. The lowest BCUT2D eigenvalue weighted by molar-refractivity contribution is 0.113. The SMILES string of the molecule is O=S(=O)(c1cc(-c2nc(-c3ccc4ocnc4c3)c[nH]2)ccc1Cl)N1CCC(O)CC1. The Morgan fingerprint density at radius 3 is 2.71 bits per heavy atom. The smallest absolute Gasteiger partial charge is 0.244 e. The largest absolute Gasteiger partial charge is 0.443 e. The third-order valence-corrected chi connectivity index (χ3v) is 7.83. The standard InChI is InChI=1S/C21H19ClN4O4S/c22-16-3-1-14(10-20(16)31(28,29)26-7-5-15(27)6-8-26)21-23-11-18(25-21)13-2-4-19-17(9-13)24-12-30-19/h1-4,9-12,15,27H,5-8H2,(H,23,25). The second-order valence-electron chi connectivity index (χ2n) is 7.45. The monoisotopic (exact) mass is 458 g/mol. The molecule has 0 atom stereocenters. The summed E-state index contributed by atoms with van der Waals surface area (Å²) in [6, 6.07) is 10.4. The lowest BCUT2D eigenvalue weighted by Gasteiger charge is -2.29. The molecule has 4 aromatic rings. The number of fused-ring (bicyclic) bond motifs is 1. The third-order valence-electron chi connectivity index (χ3n) is 5.45. The molecule has 3 heterocycles. The van der Waals surface area contributed by atoms with E-state index in [2.05, 4.69) is 15.0 Å². The lowest BCUT2D eigenvalue weighted by atomic mass is 10.1. The summed E-state index contributed by atoms with van der Waals surface area (Å²) < 4.78 is 32.9. The number of rotatable bonds is 4. The van der Waals surface area contributed by atoms with Crippen LogP contribution < -0.4 is 0 Å². The summed E-state index contributed by atoms with van der Waals surface area (Å²) in [5.41, 5.74) is 3.58. The maximum Gasteiger partial charge on any atom is 0.244 e. The van der Waals surface area contributed by atoms with Crippen LogP contribution in [0.25, 0.3) is 33.7 Å². The number of nitrogens with zero attached hydrogens (tertiary/aromatic N) is 3. The minimum Gasteiger partial charge on any atom is -0.443 e. The average Bonchev–Trinajstić information content (AvgIpc) is 3.43. The predicted molar refractivity (Wildman–Crippen MR) is 116 cm³/mol. The molecule has 0 bridgehead atoms. The van der Waals surface area contributed by atoms with Crippen LogP contribution in [-0.2, 0) is 10.0 Å². The van der Waals surface area contributed by atoms with E-state index in [1.165, 1.54) is 16.8 Å². The zero-order valence-corrected chi connectivity index (χ0v) is 17.9. The van der Waals surface area contributed by atoms with E-state index in [0.29, 0.717) is 35.5 Å². The zero-order chi connectivity index (χ0) is 21.6. The number of benzene rings is 2. The highest BCUT2D eigenvalue weighted by Crippen LogP contribution is 2.32. The molecule has 2 N–H and O–H groups in total. The molecule has 2 aromatic heterocycles. The van der Waals surface area contributed by atoms with Gasteiger partial charge >= 0.3 is 0 Å². The van der Waals surface area contributed by atoms with Crippen LogP contribution in [0.4, 0.5) is 0 Å². The minimum absolute atomic E-state index is 0.0324. The molecule has 2 aromatic carbocycles. The van der Waals surface area contributed by atoms with E-state index in [9.17, 15) is 13.5 Å². The summed E-state index contributed by atoms with van der Waals surface area (Å²) in [6.07, 6.45) is 3.50. The quantitative estimate of drug-likeness (QED) is 0.482. The van der Waals surface area contributed by atoms with E-state index in [4.69, 9.17) is 16.0 Å². The van der Waals surface area contributed by atoms with E-state index < -0.39 is 16.1 Å². The number of aromatic amines is 1. The third kappa shape index (κ3) is 3.74. The first kappa shape index (κ1) is 20.2. The first-order valence-electron chi connectivity index (χ1n) is 9.79. The predicted octanol–water partition coefficient (Wildman–Crippen LogP) is 3.68. The summed E-state index contributed by atoms with van der Waals surface area (Å²) in [5, 5.41) is 9.84. The van der Waals surface area contributed by atoms with Crippen molar-refractivity contribution in [3.63, 3.8) is 0 Å². The van der Waals surface area contributed by atoms with Crippen molar-refractivity contribution in [2.24, 2.45) is 0 Å². The van der Waals surface area contributed by atoms with Crippen molar-refractivity contribution in [3.05, 3.63) is 54.0 Å². The average molecular weight is 459 g/mol. The minimum atomic E-state index is -3.78. The van der Waals surface area contributed by atoms with Gasteiger partial charge in [-0.2, -0.15) is 4.31 Å². The highest BCUT2D eigenvalue weighted by molar-refractivity contribution is 7.89. The molecule has 1 fully saturated rings. The van der Waals surface area contributed by atoms with Gasteiger partial charge in [0.25, 0.3) is 0 Å². The molecule has 8 nitrogen and oxygen atoms in total. The van der Waals surface area contributed by atoms with E-state index in [1.54, 1.807) is 18.3 Å². The van der Waals surface area contributed by atoms with Gasteiger partial charge in [0, 0.05) is 30.4 Å². The molecule has 5 rings (SSSR count). The number of aliphatic hydroxyl groups excluding tert-OH is 1. The Morgan fingerprint density at radius 1 is 1.13 bits per heavy atom. The van der Waals surface area contributed by atoms with Gasteiger partial charge in [-0.1, -0.05) is 11.6 Å². The summed E-state index contributed by atoms with van der Waals surface area (Å²) >= 11 is 6.26. The van der Waals surface area contributed by atoms with Crippen molar-refractivity contribution >= 4 is 32.7 Å². The molecular formula is C21H19ClN4O4S. The van der Waals surface area contributed by atoms with Crippen LogP contribution in [0, 0.1) is 0 Å². The summed E-state index contributed by atoms with van der Waals surface area (Å²) in [4.78, 5) is 11.9. The molecule has 0 spiro atoms. The molecule has 31 heavy (non-hydrogen) atoms. The van der Waals surface area contributed by atoms with E-state index >= 15 is 0 Å². The van der Waals surface area contributed by atoms with Gasteiger partial charge in [0.1, 0.15) is 16.2 Å². The van der Waals surface area contributed by atoms with Gasteiger partial charge in [0.15, 0.2) is 12.0 Å². The molecule has 160 valence electrons. The molecule has 10 heteroatoms. The van der Waals surface area contributed by atoms with Gasteiger partial charge in [0.05, 0.1) is 16.8 Å². The molecule has 0 unspecified atom stereocenters. The van der Waals surface area contributed by atoms with Crippen LogP contribution in [-0.4, -0.2) is 52.0 Å². The number of aromatic nitrogens is 3. The first-order chi connectivity index (χ1) is 14.9. The summed E-state index contributed by atoms with van der Waals surface area (Å²) in [7, 11) is -3.78. The number of piperidine rings is 1. The molecular weight excluding hydrogens is 440 g/mol. The van der Waals surface area contributed by atoms with Gasteiger partial charge in [-0.3, -0.25) is 0 Å². The molecule has 0 aliphatic carbocycles. The highest BCUT2D eigenvalue weighted by Gasteiger charge is 2.30. The van der Waals surface area contributed by atoms with Crippen LogP contribution in [0.5, 0.6) is 0 Å². The van der Waals surface area contributed by atoms with Gasteiger partial charge < -0.3 is 14.5 Å². The lowest BCUT2D eigenvalue weighted by Crippen LogP contribution is -2.40. The van der Waals surface area contributed by atoms with Crippen molar-refractivity contribution in [3.8, 4) is 22.6 Å². The van der Waals surface area contributed by atoms with Gasteiger partial charge in [-0.05, 0) is 49.2 Å². The maximum absolute atomic E-state index is 13.1. The molecule has 0 radical (unpaired) electrons. The van der Waals surface area contributed by atoms with Crippen molar-refractivity contribution in [2.75, 3.05) is 13.1 Å². The fraction of sp³-hybridized carbons (Fsp3) is 0.238. The summed E-state index contributed by atoms with van der Waals surface area (Å²) in [6.45, 7) is 0.527. The normalized spacial score (nSPS) is 16.2. The van der Waals surface area contributed by atoms with Crippen LogP contribution in [0.2, 0.25) is 5.02 Å². The van der Waals surface area contributed by atoms with Crippen LogP contribution >= 0.6 is 11.6 Å².